The van der Waals surface area contributed by atoms with Crippen LogP contribution in [0.1, 0.15) is 18.0 Å². The van der Waals surface area contributed by atoms with Crippen LogP contribution in [0.3, 0.4) is 0 Å². The van der Waals surface area contributed by atoms with Crippen LogP contribution in [0.4, 0.5) is 11.4 Å². The summed E-state index contributed by atoms with van der Waals surface area (Å²) in [4.78, 5) is 7.04. The van der Waals surface area contributed by atoms with E-state index >= 15 is 0 Å². The predicted octanol–water partition coefficient (Wildman–Crippen LogP) is 5.07. The van der Waals surface area contributed by atoms with E-state index in [1.54, 1.807) is 12.1 Å². The van der Waals surface area contributed by atoms with Gasteiger partial charge in [0.25, 0.3) is 0 Å². The summed E-state index contributed by atoms with van der Waals surface area (Å²) in [5.74, 6) is 1.32. The lowest BCUT2D eigenvalue weighted by Gasteiger charge is -2.44. The Morgan fingerprint density at radius 3 is 2.08 bits per heavy atom. The molecule has 24 heavy (non-hydrogen) atoms. The molecule has 1 unspecified atom stereocenters. The monoisotopic (exact) mass is 314 g/mol. The average Bonchev–Trinajstić information content (AvgIpc) is 2.62. The summed E-state index contributed by atoms with van der Waals surface area (Å²) in [6.45, 7) is 0. The summed E-state index contributed by atoms with van der Waals surface area (Å²) in [6, 6.07) is 28.1. The minimum Gasteiger partial charge on any atom is -0.508 e. The molecule has 0 bridgehead atoms. The molecular formula is C21H18N2O. The first-order valence-corrected chi connectivity index (χ1v) is 8.07. The van der Waals surface area contributed by atoms with Crippen molar-refractivity contribution in [3.8, 4) is 5.75 Å². The molecule has 1 N–H and O–H groups in total. The Labute approximate surface area is 141 Å². The third-order valence-electron chi connectivity index (χ3n) is 4.29. The van der Waals surface area contributed by atoms with E-state index in [1.807, 2.05) is 48.5 Å². The number of phenolic OH excluding ortho intramolecular Hbond substituents is 1. The third kappa shape index (κ3) is 2.76. The lowest BCUT2D eigenvalue weighted by atomic mass is 9.92. The van der Waals surface area contributed by atoms with Crippen LogP contribution in [0.15, 0.2) is 89.9 Å². The number of anilines is 1. The van der Waals surface area contributed by atoms with Crippen molar-refractivity contribution in [2.45, 2.75) is 12.5 Å². The summed E-state index contributed by atoms with van der Waals surface area (Å²) in [5.41, 5.74) is 3.28. The highest BCUT2D eigenvalue weighted by molar-refractivity contribution is 6.06. The Kier molecular flexibility index (Phi) is 3.75. The Morgan fingerprint density at radius 1 is 0.792 bits per heavy atom. The van der Waals surface area contributed by atoms with Gasteiger partial charge in [0.1, 0.15) is 11.6 Å². The number of rotatable bonds is 3. The van der Waals surface area contributed by atoms with E-state index in [0.717, 1.165) is 23.6 Å². The molecule has 1 fully saturated rings. The minimum absolute atomic E-state index is 0.275. The highest BCUT2D eigenvalue weighted by Gasteiger charge is 2.36. The molecule has 0 saturated carbocycles. The topological polar surface area (TPSA) is 35.8 Å². The van der Waals surface area contributed by atoms with Crippen LogP contribution >= 0.6 is 0 Å². The second kappa shape index (κ2) is 6.20. The highest BCUT2D eigenvalue weighted by atomic mass is 16.3. The van der Waals surface area contributed by atoms with Gasteiger partial charge < -0.3 is 10.0 Å². The summed E-state index contributed by atoms with van der Waals surface area (Å²) < 4.78 is 0. The van der Waals surface area contributed by atoms with Crippen molar-refractivity contribution < 1.29 is 5.11 Å². The van der Waals surface area contributed by atoms with Gasteiger partial charge >= 0.3 is 0 Å². The molecule has 1 saturated heterocycles. The van der Waals surface area contributed by atoms with Crippen LogP contribution < -0.4 is 4.90 Å². The lowest BCUT2D eigenvalue weighted by Crippen LogP contribution is -2.46. The van der Waals surface area contributed by atoms with Gasteiger partial charge in [0, 0.05) is 12.1 Å². The molecule has 1 atom stereocenters. The Morgan fingerprint density at radius 2 is 1.42 bits per heavy atom. The standard InChI is InChI=1S/C21H18N2O/c24-19-13-11-18(12-14-19)23-20(16-7-3-1-4-8-16)15-21(23)22-17-9-5-2-6-10-17/h1-14,20,24H,15H2/b22-21+. The number of hydrogen-bond acceptors (Lipinski definition) is 2. The molecule has 1 aliphatic heterocycles. The van der Waals surface area contributed by atoms with E-state index in [0.29, 0.717) is 0 Å². The second-order valence-electron chi connectivity index (χ2n) is 5.88. The molecule has 4 rings (SSSR count). The zero-order valence-electron chi connectivity index (χ0n) is 13.2. The van der Waals surface area contributed by atoms with Crippen LogP contribution in [0, 0.1) is 0 Å². The molecule has 0 spiro atoms. The Balaban J connectivity index is 1.71. The summed E-state index contributed by atoms with van der Waals surface area (Å²) >= 11 is 0. The normalized spacial score (nSPS) is 18.4. The van der Waals surface area contributed by atoms with Crippen molar-refractivity contribution in [3.05, 3.63) is 90.5 Å². The van der Waals surface area contributed by atoms with Crippen molar-refractivity contribution in [1.82, 2.24) is 0 Å². The molecule has 0 aromatic heterocycles. The van der Waals surface area contributed by atoms with Crippen LogP contribution in [-0.2, 0) is 0 Å². The first-order valence-electron chi connectivity index (χ1n) is 8.07. The maximum absolute atomic E-state index is 9.56. The largest absolute Gasteiger partial charge is 0.508 e. The zero-order valence-corrected chi connectivity index (χ0v) is 13.2. The molecule has 0 aliphatic carbocycles. The Bertz CT molecular complexity index is 842. The van der Waals surface area contributed by atoms with Crippen LogP contribution in [0.2, 0.25) is 0 Å². The smallest absolute Gasteiger partial charge is 0.115 e. The van der Waals surface area contributed by atoms with Crippen LogP contribution in [-0.4, -0.2) is 10.9 Å². The third-order valence-corrected chi connectivity index (χ3v) is 4.29. The number of aromatic hydroxyl groups is 1. The lowest BCUT2D eigenvalue weighted by molar-refractivity contribution is 0.475. The molecule has 3 heteroatoms. The fraction of sp³-hybridized carbons (Fsp3) is 0.0952. The molecule has 3 aromatic carbocycles. The minimum atomic E-state index is 0.275. The first kappa shape index (κ1) is 14.5. The van der Waals surface area contributed by atoms with Gasteiger partial charge in [0.15, 0.2) is 0 Å². The van der Waals surface area contributed by atoms with E-state index in [2.05, 4.69) is 29.2 Å². The number of nitrogens with zero attached hydrogens (tertiary/aromatic N) is 2. The number of amidine groups is 1. The molecule has 0 radical (unpaired) electrons. The predicted molar refractivity (Wildman–Crippen MR) is 97.9 cm³/mol. The van der Waals surface area contributed by atoms with Crippen LogP contribution in [0.25, 0.3) is 0 Å². The van der Waals surface area contributed by atoms with Crippen molar-refractivity contribution in [3.63, 3.8) is 0 Å². The summed E-state index contributed by atoms with van der Waals surface area (Å²) in [6.07, 6.45) is 0.903. The number of benzene rings is 3. The Hall–Kier alpha value is -3.07. The van der Waals surface area contributed by atoms with Gasteiger partial charge in [-0.3, -0.25) is 0 Å². The van der Waals surface area contributed by atoms with Crippen molar-refractivity contribution >= 4 is 17.2 Å². The number of aliphatic imine (C=N–C) groups is 1. The summed E-state index contributed by atoms with van der Waals surface area (Å²) in [7, 11) is 0. The zero-order chi connectivity index (χ0) is 16.4. The quantitative estimate of drug-likeness (QED) is 0.732. The van der Waals surface area contributed by atoms with E-state index in [1.165, 1.54) is 5.56 Å². The van der Waals surface area contributed by atoms with Gasteiger partial charge in [-0.2, -0.15) is 0 Å². The average molecular weight is 314 g/mol. The van der Waals surface area contributed by atoms with Gasteiger partial charge in [-0.25, -0.2) is 4.99 Å². The van der Waals surface area contributed by atoms with Gasteiger partial charge in [-0.1, -0.05) is 48.5 Å². The van der Waals surface area contributed by atoms with Gasteiger partial charge in [-0.15, -0.1) is 0 Å². The van der Waals surface area contributed by atoms with Gasteiger partial charge in [-0.05, 0) is 42.0 Å². The fourth-order valence-electron chi connectivity index (χ4n) is 3.07. The number of para-hydroxylation sites is 1. The fourth-order valence-corrected chi connectivity index (χ4v) is 3.07. The van der Waals surface area contributed by atoms with E-state index < -0.39 is 0 Å². The molecule has 3 aromatic rings. The SMILES string of the molecule is Oc1ccc(N2/C(=N/c3ccccc3)CC2c2ccccc2)cc1. The highest BCUT2D eigenvalue weighted by Crippen LogP contribution is 2.40. The molecular weight excluding hydrogens is 296 g/mol. The second-order valence-corrected chi connectivity index (χ2v) is 5.88. The molecule has 118 valence electrons. The number of phenols is 1. The number of hydrogen-bond donors (Lipinski definition) is 1. The first-order chi connectivity index (χ1) is 11.8. The van der Waals surface area contributed by atoms with Crippen molar-refractivity contribution in [2.24, 2.45) is 4.99 Å². The molecule has 0 amide bonds. The van der Waals surface area contributed by atoms with E-state index in [-0.39, 0.29) is 11.8 Å². The van der Waals surface area contributed by atoms with Crippen LogP contribution in [0.5, 0.6) is 5.75 Å². The molecule has 3 nitrogen and oxygen atoms in total. The summed E-state index contributed by atoms with van der Waals surface area (Å²) in [5, 5.41) is 9.56. The maximum atomic E-state index is 9.56. The van der Waals surface area contributed by atoms with Crippen molar-refractivity contribution in [2.75, 3.05) is 4.90 Å². The molecule has 1 aliphatic rings. The van der Waals surface area contributed by atoms with E-state index in [4.69, 9.17) is 4.99 Å². The van der Waals surface area contributed by atoms with Gasteiger partial charge in [0.05, 0.1) is 11.7 Å². The van der Waals surface area contributed by atoms with Crippen molar-refractivity contribution in [1.29, 1.82) is 0 Å². The van der Waals surface area contributed by atoms with E-state index in [9.17, 15) is 5.11 Å². The van der Waals surface area contributed by atoms with Gasteiger partial charge in [0.2, 0.25) is 0 Å². The molecule has 1 heterocycles. The maximum Gasteiger partial charge on any atom is 0.115 e.